The molecule has 1 N–H and O–H groups in total. The Balaban J connectivity index is 2.65. The second kappa shape index (κ2) is 7.09. The monoisotopic (exact) mass is 306 g/mol. The van der Waals surface area contributed by atoms with E-state index in [0.717, 1.165) is 22.4 Å². The van der Waals surface area contributed by atoms with Crippen LogP contribution in [0.15, 0.2) is 16.6 Å². The molecule has 1 unspecified atom stereocenters. The summed E-state index contributed by atoms with van der Waals surface area (Å²) in [6.45, 7) is 2.59. The van der Waals surface area contributed by atoms with E-state index in [2.05, 4.69) is 26.2 Å². The number of pyridine rings is 1. The molecule has 0 aliphatic carbocycles. The molecule has 3 nitrogen and oxygen atoms in total. The maximum absolute atomic E-state index is 5.73. The summed E-state index contributed by atoms with van der Waals surface area (Å²) in [6, 6.07) is 4.12. The summed E-state index contributed by atoms with van der Waals surface area (Å²) >= 11 is 9.15. The molecule has 1 aromatic heterocycles. The van der Waals surface area contributed by atoms with Crippen molar-refractivity contribution in [3.63, 3.8) is 0 Å². The van der Waals surface area contributed by atoms with Gasteiger partial charge in [-0.1, -0.05) is 0 Å². The van der Waals surface area contributed by atoms with Crippen LogP contribution in [0.3, 0.4) is 0 Å². The van der Waals surface area contributed by atoms with Crippen LogP contribution in [0, 0.1) is 6.92 Å². The predicted molar refractivity (Wildman–Crippen MR) is 71.3 cm³/mol. The lowest BCUT2D eigenvalue weighted by atomic mass is 10.2. The number of nitrogens with zero attached hydrogens (tertiary/aromatic N) is 1. The molecule has 90 valence electrons. The van der Waals surface area contributed by atoms with Crippen LogP contribution in [0.5, 0.6) is 0 Å². The van der Waals surface area contributed by atoms with Gasteiger partial charge in [0.15, 0.2) is 0 Å². The number of alkyl halides is 1. The Morgan fingerprint density at radius 3 is 2.88 bits per heavy atom. The number of methoxy groups -OCH3 is 1. The Morgan fingerprint density at radius 1 is 1.56 bits per heavy atom. The largest absolute Gasteiger partial charge is 0.383 e. The number of hydrogen-bond donors (Lipinski definition) is 1. The summed E-state index contributed by atoms with van der Waals surface area (Å²) in [4.78, 5) is 4.42. The first-order chi connectivity index (χ1) is 7.67. The summed E-state index contributed by atoms with van der Waals surface area (Å²) in [6.07, 6.45) is 0.853. The first-order valence-corrected chi connectivity index (χ1v) is 6.44. The molecule has 16 heavy (non-hydrogen) atoms. The molecule has 0 aliphatic heterocycles. The van der Waals surface area contributed by atoms with E-state index < -0.39 is 0 Å². The van der Waals surface area contributed by atoms with Crippen molar-refractivity contribution in [2.24, 2.45) is 0 Å². The Hall–Kier alpha value is -0.320. The van der Waals surface area contributed by atoms with Crippen LogP contribution in [0.25, 0.3) is 0 Å². The van der Waals surface area contributed by atoms with Crippen molar-refractivity contribution in [2.45, 2.75) is 19.4 Å². The van der Waals surface area contributed by atoms with Gasteiger partial charge in [-0.05, 0) is 41.4 Å². The van der Waals surface area contributed by atoms with Crippen LogP contribution in [0.4, 0.5) is 5.82 Å². The number of nitrogens with one attached hydrogen (secondary N) is 1. The fraction of sp³-hybridized carbons (Fsp3) is 0.545. The third-order valence-corrected chi connectivity index (χ3v) is 3.26. The topological polar surface area (TPSA) is 34.1 Å². The maximum atomic E-state index is 5.73. The van der Waals surface area contributed by atoms with Crippen LogP contribution in [-0.2, 0) is 4.74 Å². The fourth-order valence-corrected chi connectivity index (χ4v) is 1.85. The SMILES string of the molecule is COCC(CCCl)Nc1ccc(Br)c(C)n1. The Morgan fingerprint density at radius 2 is 2.31 bits per heavy atom. The van der Waals surface area contributed by atoms with E-state index in [1.807, 2.05) is 19.1 Å². The zero-order valence-corrected chi connectivity index (χ0v) is 11.8. The average Bonchev–Trinajstić information content (AvgIpc) is 2.24. The van der Waals surface area contributed by atoms with E-state index in [-0.39, 0.29) is 6.04 Å². The smallest absolute Gasteiger partial charge is 0.126 e. The van der Waals surface area contributed by atoms with E-state index in [9.17, 15) is 0 Å². The van der Waals surface area contributed by atoms with Gasteiger partial charge in [-0.2, -0.15) is 0 Å². The highest BCUT2D eigenvalue weighted by Crippen LogP contribution is 2.17. The van der Waals surface area contributed by atoms with Crippen LogP contribution < -0.4 is 5.32 Å². The summed E-state index contributed by atoms with van der Waals surface area (Å²) in [5, 5.41) is 3.31. The van der Waals surface area contributed by atoms with Crippen molar-refractivity contribution in [3.8, 4) is 0 Å². The van der Waals surface area contributed by atoms with Crippen molar-refractivity contribution >= 4 is 33.3 Å². The van der Waals surface area contributed by atoms with Crippen molar-refractivity contribution in [1.82, 2.24) is 4.98 Å². The van der Waals surface area contributed by atoms with Crippen molar-refractivity contribution < 1.29 is 4.74 Å². The number of ether oxygens (including phenoxy) is 1. The molecule has 0 saturated carbocycles. The van der Waals surface area contributed by atoms with Crippen molar-refractivity contribution in [2.75, 3.05) is 24.9 Å². The molecule has 0 bridgehead atoms. The minimum absolute atomic E-state index is 0.204. The van der Waals surface area contributed by atoms with Gasteiger partial charge in [0.2, 0.25) is 0 Å². The lowest BCUT2D eigenvalue weighted by Crippen LogP contribution is -2.26. The minimum atomic E-state index is 0.204. The molecule has 1 atom stereocenters. The van der Waals surface area contributed by atoms with Gasteiger partial charge in [-0.3, -0.25) is 0 Å². The first-order valence-electron chi connectivity index (χ1n) is 5.12. The second-order valence-corrected chi connectivity index (χ2v) is 4.77. The van der Waals surface area contributed by atoms with Gasteiger partial charge in [0.25, 0.3) is 0 Å². The van der Waals surface area contributed by atoms with Crippen molar-refractivity contribution in [3.05, 3.63) is 22.3 Å². The molecule has 5 heteroatoms. The van der Waals surface area contributed by atoms with Gasteiger partial charge in [0, 0.05) is 17.5 Å². The van der Waals surface area contributed by atoms with Gasteiger partial charge in [-0.25, -0.2) is 4.98 Å². The molecular formula is C11H16BrClN2O. The summed E-state index contributed by atoms with van der Waals surface area (Å²) in [7, 11) is 1.68. The summed E-state index contributed by atoms with van der Waals surface area (Å²) in [5.41, 5.74) is 0.965. The lowest BCUT2D eigenvalue weighted by Gasteiger charge is -2.17. The third kappa shape index (κ3) is 4.28. The number of hydrogen-bond acceptors (Lipinski definition) is 3. The van der Waals surface area contributed by atoms with Crippen molar-refractivity contribution in [1.29, 1.82) is 0 Å². The van der Waals surface area contributed by atoms with Crippen LogP contribution in [0.2, 0.25) is 0 Å². The van der Waals surface area contributed by atoms with Crippen LogP contribution >= 0.6 is 27.5 Å². The fourth-order valence-electron chi connectivity index (χ4n) is 1.36. The van der Waals surface area contributed by atoms with E-state index in [0.29, 0.717) is 12.5 Å². The van der Waals surface area contributed by atoms with Crippen LogP contribution in [0.1, 0.15) is 12.1 Å². The molecule has 0 aliphatic rings. The number of halogens is 2. The summed E-state index contributed by atoms with van der Waals surface area (Å²) < 4.78 is 6.14. The molecule has 0 radical (unpaired) electrons. The maximum Gasteiger partial charge on any atom is 0.126 e. The van der Waals surface area contributed by atoms with E-state index in [1.165, 1.54) is 0 Å². The van der Waals surface area contributed by atoms with E-state index in [4.69, 9.17) is 16.3 Å². The standard InChI is InChI=1S/C11H16BrClN2O/c1-8-10(12)3-4-11(14-8)15-9(5-6-13)7-16-2/h3-4,9H,5-7H2,1-2H3,(H,14,15). The normalized spacial score (nSPS) is 12.5. The van der Waals surface area contributed by atoms with Gasteiger partial charge < -0.3 is 10.1 Å². The lowest BCUT2D eigenvalue weighted by molar-refractivity contribution is 0.184. The number of anilines is 1. The molecule has 1 heterocycles. The Kier molecular flexibility index (Phi) is 6.09. The highest BCUT2D eigenvalue weighted by atomic mass is 79.9. The number of aromatic nitrogens is 1. The quantitative estimate of drug-likeness (QED) is 0.820. The minimum Gasteiger partial charge on any atom is -0.383 e. The Bertz CT molecular complexity index is 330. The zero-order chi connectivity index (χ0) is 12.0. The molecule has 0 fully saturated rings. The molecule has 0 aromatic carbocycles. The van der Waals surface area contributed by atoms with Gasteiger partial charge in [0.1, 0.15) is 5.82 Å². The summed E-state index contributed by atoms with van der Waals surface area (Å²) in [5.74, 6) is 1.46. The molecule has 1 rings (SSSR count). The average molecular weight is 308 g/mol. The number of rotatable bonds is 6. The molecular weight excluding hydrogens is 291 g/mol. The zero-order valence-electron chi connectivity index (χ0n) is 9.46. The second-order valence-electron chi connectivity index (χ2n) is 3.54. The first kappa shape index (κ1) is 13.7. The van der Waals surface area contributed by atoms with E-state index in [1.54, 1.807) is 7.11 Å². The van der Waals surface area contributed by atoms with E-state index >= 15 is 0 Å². The Labute approximate surface area is 110 Å². The molecule has 1 aromatic rings. The van der Waals surface area contributed by atoms with Gasteiger partial charge in [0.05, 0.1) is 18.3 Å². The third-order valence-electron chi connectivity index (χ3n) is 2.20. The highest BCUT2D eigenvalue weighted by Gasteiger charge is 2.08. The predicted octanol–water partition coefficient (Wildman–Crippen LogP) is 3.21. The molecule has 0 saturated heterocycles. The highest BCUT2D eigenvalue weighted by molar-refractivity contribution is 9.10. The number of aryl methyl sites for hydroxylation is 1. The van der Waals surface area contributed by atoms with Crippen LogP contribution in [-0.4, -0.2) is 30.6 Å². The van der Waals surface area contributed by atoms with Gasteiger partial charge in [-0.15, -0.1) is 11.6 Å². The van der Waals surface area contributed by atoms with Gasteiger partial charge >= 0.3 is 0 Å². The molecule has 0 spiro atoms. The molecule has 0 amide bonds.